The second kappa shape index (κ2) is 8.66. The van der Waals surface area contributed by atoms with Gasteiger partial charge in [-0.15, -0.1) is 0 Å². The van der Waals surface area contributed by atoms with Gasteiger partial charge in [0.05, 0.1) is 15.6 Å². The molecule has 1 unspecified atom stereocenters. The van der Waals surface area contributed by atoms with Crippen molar-refractivity contribution in [2.75, 3.05) is 5.32 Å². The zero-order valence-electron chi connectivity index (χ0n) is 14.1. The van der Waals surface area contributed by atoms with Crippen molar-refractivity contribution in [2.24, 2.45) is 0 Å². The Balaban J connectivity index is 1.84. The molecule has 0 bridgehead atoms. The zero-order chi connectivity index (χ0) is 19.2. The molecule has 27 heavy (non-hydrogen) atoms. The van der Waals surface area contributed by atoms with Crippen LogP contribution in [0.4, 0.5) is 5.69 Å². The smallest absolute Gasteiger partial charge is 0.222 e. The third-order valence-electron chi connectivity index (χ3n) is 3.76. The maximum Gasteiger partial charge on any atom is 0.222 e. The molecule has 136 valence electrons. The molecule has 0 spiro atoms. The molecule has 2 aromatic carbocycles. The van der Waals surface area contributed by atoms with E-state index in [1.807, 2.05) is 30.3 Å². The average molecular weight is 399 g/mol. The third kappa shape index (κ3) is 4.84. The van der Waals surface area contributed by atoms with Gasteiger partial charge in [-0.25, -0.2) is 0 Å². The fourth-order valence-electron chi connectivity index (χ4n) is 2.42. The van der Waals surface area contributed by atoms with Gasteiger partial charge in [-0.1, -0.05) is 53.5 Å². The molecular formula is C20H16Cl2N4O. The van der Waals surface area contributed by atoms with Crippen molar-refractivity contribution in [1.29, 1.82) is 10.8 Å². The van der Waals surface area contributed by atoms with E-state index in [0.717, 1.165) is 5.56 Å². The Kier molecular flexibility index (Phi) is 6.06. The molecule has 0 aliphatic carbocycles. The Hall–Kier alpha value is -2.89. The fraction of sp³-hybridized carbons (Fsp3) is 0.0500. The first-order chi connectivity index (χ1) is 13.0. The van der Waals surface area contributed by atoms with Gasteiger partial charge in [0.2, 0.25) is 11.8 Å². The number of nitrogens with one attached hydrogen (secondary N) is 3. The normalized spacial score (nSPS) is 11.5. The van der Waals surface area contributed by atoms with Crippen LogP contribution in [0.1, 0.15) is 17.2 Å². The molecule has 3 N–H and O–H groups in total. The van der Waals surface area contributed by atoms with Gasteiger partial charge in [-0.05, 0) is 35.9 Å². The van der Waals surface area contributed by atoms with Crippen molar-refractivity contribution in [1.82, 2.24) is 4.98 Å². The summed E-state index contributed by atoms with van der Waals surface area (Å²) < 4.78 is 5.48. The predicted molar refractivity (Wildman–Crippen MR) is 109 cm³/mol. The van der Waals surface area contributed by atoms with E-state index < -0.39 is 6.04 Å². The third-order valence-corrected chi connectivity index (χ3v) is 4.50. The standard InChI is InChI=1S/C20H16Cl2N4O/c21-16-9-8-15(11-17(16)22)26-18(13-5-2-1-3-6-13)20(24)27-19(23)14-7-4-10-25-12-14/h1-12,18,23-24,26H. The van der Waals surface area contributed by atoms with Crippen molar-refractivity contribution < 1.29 is 4.74 Å². The molecule has 3 aromatic rings. The molecular weight excluding hydrogens is 383 g/mol. The first-order valence-electron chi connectivity index (χ1n) is 8.06. The summed E-state index contributed by atoms with van der Waals surface area (Å²) in [7, 11) is 0. The molecule has 3 rings (SSSR count). The molecule has 0 saturated heterocycles. The Bertz CT molecular complexity index is 949. The van der Waals surface area contributed by atoms with Crippen molar-refractivity contribution in [3.8, 4) is 0 Å². The van der Waals surface area contributed by atoms with Crippen molar-refractivity contribution in [2.45, 2.75) is 6.04 Å². The Labute approximate surface area is 167 Å². The Morgan fingerprint density at radius 1 is 0.963 bits per heavy atom. The van der Waals surface area contributed by atoms with Crippen LogP contribution in [0.15, 0.2) is 73.1 Å². The van der Waals surface area contributed by atoms with E-state index >= 15 is 0 Å². The van der Waals surface area contributed by atoms with E-state index in [-0.39, 0.29) is 11.8 Å². The highest BCUT2D eigenvalue weighted by atomic mass is 35.5. The number of pyridine rings is 1. The summed E-state index contributed by atoms with van der Waals surface area (Å²) in [4.78, 5) is 3.97. The first-order valence-corrected chi connectivity index (χ1v) is 8.82. The molecule has 1 heterocycles. The lowest BCUT2D eigenvalue weighted by atomic mass is 10.1. The van der Waals surface area contributed by atoms with Gasteiger partial charge in [0.15, 0.2) is 0 Å². The highest BCUT2D eigenvalue weighted by Gasteiger charge is 2.21. The number of ether oxygens (including phenoxy) is 1. The molecule has 5 nitrogen and oxygen atoms in total. The summed E-state index contributed by atoms with van der Waals surface area (Å²) in [5.41, 5.74) is 1.98. The van der Waals surface area contributed by atoms with E-state index in [0.29, 0.717) is 21.3 Å². The SMILES string of the molecule is N=C(OC(=N)C(Nc1ccc(Cl)c(Cl)c1)c1ccccc1)c1cccnc1. The molecule has 0 radical (unpaired) electrons. The molecule has 0 amide bonds. The molecule has 1 aromatic heterocycles. The number of halogens is 2. The summed E-state index contributed by atoms with van der Waals surface area (Å²) >= 11 is 12.1. The van der Waals surface area contributed by atoms with Gasteiger partial charge in [-0.2, -0.15) is 0 Å². The first kappa shape index (κ1) is 18.9. The van der Waals surface area contributed by atoms with Crippen LogP contribution in [-0.4, -0.2) is 16.8 Å². The second-order valence-electron chi connectivity index (χ2n) is 5.65. The quantitative estimate of drug-likeness (QED) is 0.388. The fourth-order valence-corrected chi connectivity index (χ4v) is 2.72. The number of anilines is 1. The van der Waals surface area contributed by atoms with Crippen LogP contribution in [0.25, 0.3) is 0 Å². The topological polar surface area (TPSA) is 81.8 Å². The molecule has 0 aliphatic rings. The van der Waals surface area contributed by atoms with Crippen LogP contribution < -0.4 is 5.32 Å². The Morgan fingerprint density at radius 3 is 2.41 bits per heavy atom. The van der Waals surface area contributed by atoms with Crippen molar-refractivity contribution in [3.63, 3.8) is 0 Å². The van der Waals surface area contributed by atoms with Crippen molar-refractivity contribution >= 4 is 40.7 Å². The van der Waals surface area contributed by atoms with Gasteiger partial charge in [0.1, 0.15) is 6.04 Å². The summed E-state index contributed by atoms with van der Waals surface area (Å²) in [6.07, 6.45) is 3.13. The monoisotopic (exact) mass is 398 g/mol. The molecule has 7 heteroatoms. The molecule has 0 saturated carbocycles. The van der Waals surface area contributed by atoms with Crippen molar-refractivity contribution in [3.05, 3.63) is 94.2 Å². The molecule has 0 fully saturated rings. The summed E-state index contributed by atoms with van der Waals surface area (Å²) in [5.74, 6) is -0.272. The highest BCUT2D eigenvalue weighted by Crippen LogP contribution is 2.28. The van der Waals surface area contributed by atoms with Gasteiger partial charge in [0.25, 0.3) is 0 Å². The maximum absolute atomic E-state index is 8.40. The van der Waals surface area contributed by atoms with Crippen LogP contribution >= 0.6 is 23.2 Å². The number of hydrogen-bond donors (Lipinski definition) is 3. The van der Waals surface area contributed by atoms with E-state index in [9.17, 15) is 0 Å². The zero-order valence-corrected chi connectivity index (χ0v) is 15.6. The summed E-state index contributed by atoms with van der Waals surface area (Å²) in [5, 5.41) is 20.6. The number of rotatable bonds is 5. The van der Waals surface area contributed by atoms with Crippen LogP contribution in [-0.2, 0) is 4.74 Å². The van der Waals surface area contributed by atoms with E-state index in [1.165, 1.54) is 6.20 Å². The van der Waals surface area contributed by atoms with Crippen LogP contribution in [0, 0.1) is 10.8 Å². The minimum absolute atomic E-state index is 0.124. The maximum atomic E-state index is 8.40. The molecule has 0 aliphatic heterocycles. The molecule has 1 atom stereocenters. The van der Waals surface area contributed by atoms with Gasteiger partial charge in [-0.3, -0.25) is 15.8 Å². The van der Waals surface area contributed by atoms with Gasteiger partial charge in [0, 0.05) is 18.1 Å². The lowest BCUT2D eigenvalue weighted by Gasteiger charge is -2.21. The van der Waals surface area contributed by atoms with Crippen LogP contribution in [0.5, 0.6) is 0 Å². The highest BCUT2D eigenvalue weighted by molar-refractivity contribution is 6.42. The van der Waals surface area contributed by atoms with Gasteiger partial charge >= 0.3 is 0 Å². The summed E-state index contributed by atoms with van der Waals surface area (Å²) in [6, 6.07) is 17.3. The summed E-state index contributed by atoms with van der Waals surface area (Å²) in [6.45, 7) is 0. The lowest BCUT2D eigenvalue weighted by molar-refractivity contribution is 0.509. The largest absolute Gasteiger partial charge is 0.423 e. The van der Waals surface area contributed by atoms with E-state index in [1.54, 1.807) is 36.5 Å². The number of hydrogen-bond acceptors (Lipinski definition) is 5. The average Bonchev–Trinajstić information content (AvgIpc) is 2.70. The lowest BCUT2D eigenvalue weighted by Crippen LogP contribution is -2.25. The number of nitrogens with zero attached hydrogens (tertiary/aromatic N) is 1. The second-order valence-corrected chi connectivity index (χ2v) is 6.47. The number of benzene rings is 2. The minimum Gasteiger partial charge on any atom is -0.423 e. The Morgan fingerprint density at radius 2 is 1.74 bits per heavy atom. The number of aromatic nitrogens is 1. The minimum atomic E-state index is -0.611. The van der Waals surface area contributed by atoms with Crippen LogP contribution in [0.3, 0.4) is 0 Å². The van der Waals surface area contributed by atoms with E-state index in [4.69, 9.17) is 38.8 Å². The van der Waals surface area contributed by atoms with Crippen LogP contribution in [0.2, 0.25) is 10.0 Å². The van der Waals surface area contributed by atoms with Gasteiger partial charge < -0.3 is 10.1 Å². The predicted octanol–water partition coefficient (Wildman–Crippen LogP) is 5.56. The van der Waals surface area contributed by atoms with E-state index in [2.05, 4.69) is 10.3 Å².